The molecular formula is C10H8N4O5. The average Bonchev–Trinajstić information content (AvgIpc) is 2.98. The number of nitrogens with zero attached hydrogens (tertiary/aromatic N) is 3. The monoisotopic (exact) mass is 264 g/mol. The Kier molecular flexibility index (Phi) is 3.37. The van der Waals surface area contributed by atoms with Crippen molar-refractivity contribution in [3.8, 4) is 0 Å². The number of aromatic carboxylic acids is 1. The molecule has 0 spiro atoms. The summed E-state index contributed by atoms with van der Waals surface area (Å²) in [5, 5.41) is 17.4. The Bertz CT molecular complexity index is 616. The summed E-state index contributed by atoms with van der Waals surface area (Å²) in [6.07, 6.45) is 2.38. The molecule has 98 valence electrons. The second-order valence-electron chi connectivity index (χ2n) is 3.46. The van der Waals surface area contributed by atoms with Crippen molar-refractivity contribution in [3.63, 3.8) is 0 Å². The van der Waals surface area contributed by atoms with E-state index in [9.17, 15) is 14.4 Å². The fraction of sp³-hybridized carbons (Fsp3) is 0.100. The number of carbonyl (C=O) groups is 3. The minimum absolute atomic E-state index is 0.00170. The zero-order chi connectivity index (χ0) is 13.8. The average molecular weight is 264 g/mol. The van der Waals surface area contributed by atoms with E-state index >= 15 is 0 Å². The smallest absolute Gasteiger partial charge is 0.358 e. The van der Waals surface area contributed by atoms with Crippen LogP contribution in [0.4, 0.5) is 0 Å². The van der Waals surface area contributed by atoms with Crippen LogP contribution in [0.3, 0.4) is 0 Å². The SMILES string of the molecule is O=C(Cn1cc(C(=O)O)nn1)NC(=O)c1ccco1. The first-order chi connectivity index (χ1) is 9.06. The van der Waals surface area contributed by atoms with Crippen LogP contribution in [0.15, 0.2) is 29.0 Å². The van der Waals surface area contributed by atoms with Crippen LogP contribution in [0.5, 0.6) is 0 Å². The first-order valence-electron chi connectivity index (χ1n) is 5.07. The second kappa shape index (κ2) is 5.12. The van der Waals surface area contributed by atoms with Crippen molar-refractivity contribution in [1.29, 1.82) is 0 Å². The Balaban J connectivity index is 1.94. The highest BCUT2D eigenvalue weighted by Crippen LogP contribution is 1.99. The molecule has 0 fully saturated rings. The zero-order valence-corrected chi connectivity index (χ0v) is 9.44. The number of hydrogen-bond acceptors (Lipinski definition) is 6. The molecule has 0 saturated carbocycles. The van der Waals surface area contributed by atoms with E-state index in [2.05, 4.69) is 15.6 Å². The van der Waals surface area contributed by atoms with Gasteiger partial charge in [0.15, 0.2) is 11.5 Å². The molecule has 0 radical (unpaired) electrons. The fourth-order valence-electron chi connectivity index (χ4n) is 1.26. The van der Waals surface area contributed by atoms with Gasteiger partial charge in [-0.15, -0.1) is 5.10 Å². The highest BCUT2D eigenvalue weighted by atomic mass is 16.4. The van der Waals surface area contributed by atoms with Crippen LogP contribution in [0.25, 0.3) is 0 Å². The zero-order valence-electron chi connectivity index (χ0n) is 9.44. The predicted molar refractivity (Wildman–Crippen MR) is 58.2 cm³/mol. The van der Waals surface area contributed by atoms with Gasteiger partial charge in [0.1, 0.15) is 6.54 Å². The lowest BCUT2D eigenvalue weighted by molar-refractivity contribution is -0.120. The first-order valence-corrected chi connectivity index (χ1v) is 5.07. The summed E-state index contributed by atoms with van der Waals surface area (Å²) in [6, 6.07) is 2.91. The molecule has 2 N–H and O–H groups in total. The van der Waals surface area contributed by atoms with Gasteiger partial charge < -0.3 is 9.52 Å². The molecule has 0 saturated heterocycles. The summed E-state index contributed by atoms with van der Waals surface area (Å²) in [6.45, 7) is -0.327. The molecule has 9 heteroatoms. The minimum atomic E-state index is -1.25. The molecule has 0 aliphatic heterocycles. The Morgan fingerprint density at radius 2 is 2.21 bits per heavy atom. The van der Waals surface area contributed by atoms with E-state index in [1.807, 2.05) is 0 Å². The Labute approximate surface area is 105 Å². The van der Waals surface area contributed by atoms with E-state index in [1.165, 1.54) is 18.4 Å². The quantitative estimate of drug-likeness (QED) is 0.763. The third-order valence-electron chi connectivity index (χ3n) is 2.06. The van der Waals surface area contributed by atoms with Gasteiger partial charge in [0.25, 0.3) is 5.91 Å². The van der Waals surface area contributed by atoms with E-state index in [0.29, 0.717) is 0 Å². The number of aromatic nitrogens is 3. The van der Waals surface area contributed by atoms with E-state index in [-0.39, 0.29) is 18.0 Å². The second-order valence-corrected chi connectivity index (χ2v) is 3.46. The maximum absolute atomic E-state index is 11.5. The summed E-state index contributed by atoms with van der Waals surface area (Å²) < 4.78 is 5.81. The molecule has 0 aliphatic rings. The van der Waals surface area contributed by atoms with Crippen LogP contribution >= 0.6 is 0 Å². The topological polar surface area (TPSA) is 127 Å². The molecule has 0 unspecified atom stereocenters. The third-order valence-corrected chi connectivity index (χ3v) is 2.06. The van der Waals surface area contributed by atoms with Crippen molar-refractivity contribution in [2.24, 2.45) is 0 Å². The summed E-state index contributed by atoms with van der Waals surface area (Å²) >= 11 is 0. The van der Waals surface area contributed by atoms with Crippen LogP contribution < -0.4 is 5.32 Å². The number of carboxylic acid groups (broad SMARTS) is 1. The van der Waals surface area contributed by atoms with E-state index in [4.69, 9.17) is 9.52 Å². The standard InChI is InChI=1S/C10H8N4O5/c15-8(11-9(16)7-2-1-3-19-7)5-14-4-6(10(17)18)12-13-14/h1-4H,5H2,(H,17,18)(H,11,15,16). The molecule has 0 bridgehead atoms. The molecule has 2 aromatic rings. The summed E-state index contributed by atoms with van der Waals surface area (Å²) in [5.74, 6) is -2.60. The summed E-state index contributed by atoms with van der Waals surface area (Å²) in [7, 11) is 0. The number of rotatable bonds is 4. The molecule has 9 nitrogen and oxygen atoms in total. The molecule has 2 amide bonds. The van der Waals surface area contributed by atoms with Crippen molar-refractivity contribution in [2.45, 2.75) is 6.54 Å². The maximum atomic E-state index is 11.5. The van der Waals surface area contributed by atoms with Crippen LogP contribution in [0.2, 0.25) is 0 Å². The van der Waals surface area contributed by atoms with Gasteiger partial charge in [0.05, 0.1) is 12.5 Å². The Morgan fingerprint density at radius 3 is 2.79 bits per heavy atom. The molecule has 0 aliphatic carbocycles. The molecule has 0 aromatic carbocycles. The number of hydrogen-bond donors (Lipinski definition) is 2. The number of furan rings is 1. The number of nitrogens with one attached hydrogen (secondary N) is 1. The van der Waals surface area contributed by atoms with Crippen LogP contribution in [0, 0.1) is 0 Å². The van der Waals surface area contributed by atoms with Gasteiger partial charge >= 0.3 is 5.97 Å². The Morgan fingerprint density at radius 1 is 1.42 bits per heavy atom. The van der Waals surface area contributed by atoms with Crippen molar-refractivity contribution in [1.82, 2.24) is 20.3 Å². The molecule has 2 aromatic heterocycles. The lowest BCUT2D eigenvalue weighted by atomic mass is 10.4. The molecule has 2 heterocycles. The molecular weight excluding hydrogens is 256 g/mol. The van der Waals surface area contributed by atoms with Gasteiger partial charge in [0.2, 0.25) is 5.91 Å². The van der Waals surface area contributed by atoms with Crippen LogP contribution in [-0.2, 0) is 11.3 Å². The number of imide groups is 1. The van der Waals surface area contributed by atoms with E-state index < -0.39 is 17.8 Å². The lowest BCUT2D eigenvalue weighted by Crippen LogP contribution is -2.33. The number of carbonyl (C=O) groups excluding carboxylic acids is 2. The van der Waals surface area contributed by atoms with Crippen molar-refractivity contribution >= 4 is 17.8 Å². The summed E-state index contributed by atoms with van der Waals surface area (Å²) in [4.78, 5) is 33.5. The van der Waals surface area contributed by atoms with Crippen molar-refractivity contribution < 1.29 is 23.9 Å². The number of carboxylic acids is 1. The van der Waals surface area contributed by atoms with Gasteiger partial charge in [0, 0.05) is 0 Å². The minimum Gasteiger partial charge on any atom is -0.476 e. The maximum Gasteiger partial charge on any atom is 0.358 e. The normalized spacial score (nSPS) is 10.1. The van der Waals surface area contributed by atoms with E-state index in [1.54, 1.807) is 0 Å². The molecule has 2 rings (SSSR count). The van der Waals surface area contributed by atoms with E-state index in [0.717, 1.165) is 10.9 Å². The molecule has 19 heavy (non-hydrogen) atoms. The fourth-order valence-corrected chi connectivity index (χ4v) is 1.26. The van der Waals surface area contributed by atoms with Crippen molar-refractivity contribution in [3.05, 3.63) is 36.0 Å². The first kappa shape index (κ1) is 12.5. The largest absolute Gasteiger partial charge is 0.476 e. The van der Waals surface area contributed by atoms with Crippen molar-refractivity contribution in [2.75, 3.05) is 0 Å². The van der Waals surface area contributed by atoms with Gasteiger partial charge in [-0.1, -0.05) is 5.21 Å². The summed E-state index contributed by atoms with van der Waals surface area (Å²) in [5.41, 5.74) is -0.287. The van der Waals surface area contributed by atoms with Gasteiger partial charge in [-0.3, -0.25) is 14.9 Å². The Hall–Kier alpha value is -2.97. The van der Waals surface area contributed by atoms with Gasteiger partial charge in [-0.05, 0) is 12.1 Å². The number of amides is 2. The van der Waals surface area contributed by atoms with Gasteiger partial charge in [-0.2, -0.15) is 0 Å². The van der Waals surface area contributed by atoms with Gasteiger partial charge in [-0.25, -0.2) is 9.48 Å². The highest BCUT2D eigenvalue weighted by Gasteiger charge is 2.14. The van der Waals surface area contributed by atoms with Crippen LogP contribution in [-0.4, -0.2) is 37.9 Å². The molecule has 0 atom stereocenters. The third kappa shape index (κ3) is 3.03. The van der Waals surface area contributed by atoms with Crippen LogP contribution in [0.1, 0.15) is 21.0 Å². The predicted octanol–water partition coefficient (Wildman–Crippen LogP) is -0.474. The lowest BCUT2D eigenvalue weighted by Gasteiger charge is -2.01. The highest BCUT2D eigenvalue weighted by molar-refractivity contribution is 6.02.